The summed E-state index contributed by atoms with van der Waals surface area (Å²) in [6.45, 7) is 0. The van der Waals surface area contributed by atoms with Crippen LogP contribution in [0.15, 0.2) is 60.9 Å². The molecule has 8 heteroatoms. The van der Waals surface area contributed by atoms with Crippen LogP contribution in [0.5, 0.6) is 29.0 Å². The minimum absolute atomic E-state index is 0.298. The molecule has 1 aromatic heterocycles. The van der Waals surface area contributed by atoms with Gasteiger partial charge in [-0.25, -0.2) is 9.97 Å². The number of rotatable bonds is 5. The SMILES string of the molecule is COc1cc(Oc2ccc(Oc3ccc(C(F)(F)F)cc3)cc2)ncn1. The van der Waals surface area contributed by atoms with Gasteiger partial charge in [0, 0.05) is 0 Å². The highest BCUT2D eigenvalue weighted by Gasteiger charge is 2.30. The lowest BCUT2D eigenvalue weighted by Crippen LogP contribution is -2.03. The van der Waals surface area contributed by atoms with Gasteiger partial charge < -0.3 is 14.2 Å². The van der Waals surface area contributed by atoms with Gasteiger partial charge in [0.25, 0.3) is 0 Å². The zero-order chi connectivity index (χ0) is 18.6. The predicted molar refractivity (Wildman–Crippen MR) is 86.6 cm³/mol. The van der Waals surface area contributed by atoms with Crippen molar-refractivity contribution < 1.29 is 27.4 Å². The predicted octanol–water partition coefficient (Wildman–Crippen LogP) is 5.09. The first-order valence-corrected chi connectivity index (χ1v) is 7.43. The first-order chi connectivity index (χ1) is 12.4. The van der Waals surface area contributed by atoms with E-state index in [0.29, 0.717) is 29.0 Å². The third-order valence-corrected chi connectivity index (χ3v) is 3.29. The maximum Gasteiger partial charge on any atom is 0.416 e. The molecule has 134 valence electrons. The van der Waals surface area contributed by atoms with Crippen LogP contribution < -0.4 is 14.2 Å². The Balaban J connectivity index is 1.66. The third kappa shape index (κ3) is 4.41. The highest BCUT2D eigenvalue weighted by atomic mass is 19.4. The summed E-state index contributed by atoms with van der Waals surface area (Å²) in [6, 6.07) is 12.6. The molecule has 0 spiro atoms. The van der Waals surface area contributed by atoms with Crippen molar-refractivity contribution >= 4 is 0 Å². The van der Waals surface area contributed by atoms with Gasteiger partial charge in [-0.15, -0.1) is 0 Å². The quantitative estimate of drug-likeness (QED) is 0.633. The number of methoxy groups -OCH3 is 1. The van der Waals surface area contributed by atoms with E-state index in [1.807, 2.05) is 0 Å². The molecule has 2 aromatic carbocycles. The molecule has 5 nitrogen and oxygen atoms in total. The van der Waals surface area contributed by atoms with Crippen molar-refractivity contribution in [2.45, 2.75) is 6.18 Å². The second kappa shape index (κ2) is 7.30. The number of benzene rings is 2. The number of halogens is 3. The molecule has 0 N–H and O–H groups in total. The molecule has 0 aliphatic carbocycles. The molecule has 0 unspecified atom stereocenters. The van der Waals surface area contributed by atoms with Crippen LogP contribution in [0.1, 0.15) is 5.56 Å². The van der Waals surface area contributed by atoms with Crippen molar-refractivity contribution in [3.05, 3.63) is 66.5 Å². The molecule has 0 bridgehead atoms. The molecule has 3 aromatic rings. The summed E-state index contributed by atoms with van der Waals surface area (Å²) in [4.78, 5) is 7.84. The van der Waals surface area contributed by atoms with E-state index < -0.39 is 11.7 Å². The van der Waals surface area contributed by atoms with E-state index in [1.165, 1.54) is 31.6 Å². The smallest absolute Gasteiger partial charge is 0.416 e. The van der Waals surface area contributed by atoms with Crippen LogP contribution >= 0.6 is 0 Å². The first-order valence-electron chi connectivity index (χ1n) is 7.43. The van der Waals surface area contributed by atoms with Gasteiger partial charge in [-0.2, -0.15) is 13.2 Å². The van der Waals surface area contributed by atoms with Gasteiger partial charge >= 0.3 is 6.18 Å². The van der Waals surface area contributed by atoms with Gasteiger partial charge in [0.1, 0.15) is 23.6 Å². The van der Waals surface area contributed by atoms with Crippen LogP contribution in [-0.2, 0) is 6.18 Å². The lowest BCUT2D eigenvalue weighted by Gasteiger charge is -2.10. The molecule has 0 fully saturated rings. The molecular formula is C18H13F3N2O3. The Hall–Kier alpha value is -3.29. The molecule has 0 atom stereocenters. The Morgan fingerprint density at radius 3 is 1.77 bits per heavy atom. The fraction of sp³-hybridized carbons (Fsp3) is 0.111. The van der Waals surface area contributed by atoms with E-state index in [0.717, 1.165) is 12.1 Å². The van der Waals surface area contributed by atoms with Crippen LogP contribution in [-0.4, -0.2) is 17.1 Å². The standard InChI is InChI=1S/C18H13F3N2O3/c1-24-16-10-17(23-11-22-16)26-15-8-6-14(7-9-15)25-13-4-2-12(3-5-13)18(19,20)21/h2-11H,1H3. The van der Waals surface area contributed by atoms with Crippen LogP contribution in [0.3, 0.4) is 0 Å². The lowest BCUT2D eigenvalue weighted by atomic mass is 10.2. The average molecular weight is 362 g/mol. The summed E-state index contributed by atoms with van der Waals surface area (Å²) >= 11 is 0. The summed E-state index contributed by atoms with van der Waals surface area (Å²) < 4.78 is 53.7. The van der Waals surface area contributed by atoms with Crippen molar-refractivity contribution in [3.8, 4) is 29.0 Å². The molecule has 0 aliphatic heterocycles. The molecule has 0 radical (unpaired) electrons. The molecule has 0 saturated carbocycles. The van der Waals surface area contributed by atoms with Crippen molar-refractivity contribution in [1.82, 2.24) is 9.97 Å². The van der Waals surface area contributed by atoms with E-state index in [2.05, 4.69) is 9.97 Å². The number of aromatic nitrogens is 2. The van der Waals surface area contributed by atoms with Crippen LogP contribution in [0.2, 0.25) is 0 Å². The van der Waals surface area contributed by atoms with Crippen molar-refractivity contribution in [1.29, 1.82) is 0 Å². The van der Waals surface area contributed by atoms with Gasteiger partial charge in [0.2, 0.25) is 11.8 Å². The first kappa shape index (κ1) is 17.5. The molecule has 1 heterocycles. The normalized spacial score (nSPS) is 11.1. The molecular weight excluding hydrogens is 349 g/mol. The number of nitrogens with zero attached hydrogens (tertiary/aromatic N) is 2. The summed E-state index contributed by atoms with van der Waals surface area (Å²) in [5.74, 6) is 1.95. The van der Waals surface area contributed by atoms with E-state index in [4.69, 9.17) is 14.2 Å². The average Bonchev–Trinajstić information content (AvgIpc) is 2.63. The Morgan fingerprint density at radius 1 is 0.731 bits per heavy atom. The van der Waals surface area contributed by atoms with Gasteiger partial charge in [0.15, 0.2) is 0 Å². The number of alkyl halides is 3. The molecule has 0 saturated heterocycles. The second-order valence-corrected chi connectivity index (χ2v) is 5.10. The zero-order valence-corrected chi connectivity index (χ0v) is 13.5. The van der Waals surface area contributed by atoms with Gasteiger partial charge in [0.05, 0.1) is 18.7 Å². The molecule has 0 amide bonds. The van der Waals surface area contributed by atoms with E-state index in [-0.39, 0.29) is 0 Å². The Labute approximate surface area is 147 Å². The van der Waals surface area contributed by atoms with Crippen LogP contribution in [0, 0.1) is 0 Å². The topological polar surface area (TPSA) is 53.5 Å². The number of hydrogen-bond donors (Lipinski definition) is 0. The summed E-state index contributed by atoms with van der Waals surface area (Å²) in [5, 5.41) is 0. The van der Waals surface area contributed by atoms with Crippen LogP contribution in [0.4, 0.5) is 13.2 Å². The van der Waals surface area contributed by atoms with Crippen molar-refractivity contribution in [3.63, 3.8) is 0 Å². The third-order valence-electron chi connectivity index (χ3n) is 3.29. The van der Waals surface area contributed by atoms with Gasteiger partial charge in [-0.3, -0.25) is 0 Å². The molecule has 3 rings (SSSR count). The summed E-state index contributed by atoms with van der Waals surface area (Å²) in [6.07, 6.45) is -3.06. The van der Waals surface area contributed by atoms with E-state index >= 15 is 0 Å². The Bertz CT molecular complexity index is 866. The molecule has 0 aliphatic rings. The number of ether oxygens (including phenoxy) is 3. The van der Waals surface area contributed by atoms with Crippen molar-refractivity contribution in [2.75, 3.05) is 7.11 Å². The minimum Gasteiger partial charge on any atom is -0.481 e. The van der Waals surface area contributed by atoms with Crippen molar-refractivity contribution in [2.24, 2.45) is 0 Å². The van der Waals surface area contributed by atoms with Gasteiger partial charge in [-0.05, 0) is 48.5 Å². The maximum absolute atomic E-state index is 12.5. The van der Waals surface area contributed by atoms with Crippen LogP contribution in [0.25, 0.3) is 0 Å². The monoisotopic (exact) mass is 362 g/mol. The Morgan fingerprint density at radius 2 is 1.23 bits per heavy atom. The number of hydrogen-bond acceptors (Lipinski definition) is 5. The fourth-order valence-corrected chi connectivity index (χ4v) is 2.03. The zero-order valence-electron chi connectivity index (χ0n) is 13.5. The minimum atomic E-state index is -4.37. The molecule has 26 heavy (non-hydrogen) atoms. The van der Waals surface area contributed by atoms with Gasteiger partial charge in [-0.1, -0.05) is 0 Å². The second-order valence-electron chi connectivity index (χ2n) is 5.10. The van der Waals surface area contributed by atoms with E-state index in [9.17, 15) is 13.2 Å². The summed E-state index contributed by atoms with van der Waals surface area (Å²) in [7, 11) is 1.49. The largest absolute Gasteiger partial charge is 0.481 e. The fourth-order valence-electron chi connectivity index (χ4n) is 2.03. The lowest BCUT2D eigenvalue weighted by molar-refractivity contribution is -0.137. The van der Waals surface area contributed by atoms with E-state index in [1.54, 1.807) is 24.3 Å². The highest BCUT2D eigenvalue weighted by molar-refractivity contribution is 5.38. The maximum atomic E-state index is 12.5. The highest BCUT2D eigenvalue weighted by Crippen LogP contribution is 2.32. The summed E-state index contributed by atoms with van der Waals surface area (Å²) in [5.41, 5.74) is -0.728. The Kier molecular flexibility index (Phi) is 4.92.